The first-order chi connectivity index (χ1) is 10.8. The summed E-state index contributed by atoms with van der Waals surface area (Å²) in [4.78, 5) is 7.14. The predicted octanol–water partition coefficient (Wildman–Crippen LogP) is 5.13. The van der Waals surface area contributed by atoms with Gasteiger partial charge in [-0.3, -0.25) is 4.99 Å². The molecule has 2 aromatic rings. The molecule has 0 fully saturated rings. The molecule has 0 aromatic heterocycles. The molecule has 0 radical (unpaired) electrons. The molecule has 0 aliphatic carbocycles. The molecule has 0 saturated carbocycles. The normalized spacial score (nSPS) is 16.6. The Balaban J connectivity index is 0.00000192. The van der Waals surface area contributed by atoms with E-state index in [4.69, 9.17) is 4.99 Å². The van der Waals surface area contributed by atoms with Crippen LogP contribution >= 0.6 is 44.7 Å². The summed E-state index contributed by atoms with van der Waals surface area (Å²) in [6.45, 7) is 2.71. The van der Waals surface area contributed by atoms with Crippen molar-refractivity contribution in [2.45, 2.75) is 18.3 Å². The van der Waals surface area contributed by atoms with E-state index >= 15 is 0 Å². The Hall–Kier alpha value is -0.780. The molecule has 0 amide bonds. The van der Waals surface area contributed by atoms with Crippen LogP contribution in [-0.4, -0.2) is 27.2 Å². The number of hydrogen-bond acceptors (Lipinski definition) is 3. The highest BCUT2D eigenvalue weighted by Gasteiger charge is 2.23. The van der Waals surface area contributed by atoms with Gasteiger partial charge in [0.2, 0.25) is 0 Å². The van der Waals surface area contributed by atoms with E-state index in [2.05, 4.69) is 81.5 Å². The summed E-state index contributed by atoms with van der Waals surface area (Å²) in [5, 5.41) is 2.72. The van der Waals surface area contributed by atoms with Crippen LogP contribution in [0, 0.1) is 0 Å². The van der Waals surface area contributed by atoms with Crippen LogP contribution in [0.25, 0.3) is 0 Å². The van der Waals surface area contributed by atoms with Gasteiger partial charge in [-0.25, -0.2) is 0 Å². The average molecular weight is 456 g/mol. The van der Waals surface area contributed by atoms with Gasteiger partial charge in [0, 0.05) is 23.7 Å². The van der Waals surface area contributed by atoms with Crippen LogP contribution in [-0.2, 0) is 13.1 Å². The van der Waals surface area contributed by atoms with Crippen molar-refractivity contribution in [3.8, 4) is 0 Å². The molecule has 2 nitrogen and oxygen atoms in total. The molecule has 2 aromatic carbocycles. The number of hydrogen-bond donors (Lipinski definition) is 0. The molecular weight excluding hydrogens is 436 g/mol. The fraction of sp³-hybridized carbons (Fsp3) is 0.278. The number of halogens is 2. The summed E-state index contributed by atoms with van der Waals surface area (Å²) in [6, 6.07) is 21.2. The maximum absolute atomic E-state index is 4.76. The molecule has 1 aliphatic heterocycles. The highest BCUT2D eigenvalue weighted by molar-refractivity contribution is 9.09. The Morgan fingerprint density at radius 2 is 1.48 bits per heavy atom. The molecule has 1 aliphatic rings. The first-order valence-electron chi connectivity index (χ1n) is 7.45. The minimum absolute atomic E-state index is 0. The molecule has 1 atom stereocenters. The lowest BCUT2D eigenvalue weighted by atomic mass is 10.2. The number of aliphatic imine (C=N–C) groups is 1. The molecule has 1 unspecified atom stereocenters. The lowest BCUT2D eigenvalue weighted by molar-refractivity contribution is 0.414. The standard InChI is InChI=1S/C18H19BrN2S.BrH/c19-11-17-12-20-18(22-17)21(13-15-7-3-1-4-8-15)14-16-9-5-2-6-10-16;/h1-10,17H,11-14H2;1H. The molecule has 0 saturated heterocycles. The first-order valence-corrected chi connectivity index (χ1v) is 9.45. The van der Waals surface area contributed by atoms with Crippen LogP contribution < -0.4 is 0 Å². The third kappa shape index (κ3) is 5.37. The predicted molar refractivity (Wildman–Crippen MR) is 110 cm³/mol. The van der Waals surface area contributed by atoms with Crippen LogP contribution in [0.2, 0.25) is 0 Å². The van der Waals surface area contributed by atoms with E-state index in [9.17, 15) is 0 Å². The second-order valence-corrected chi connectivity index (χ2v) is 7.26. The first kappa shape index (κ1) is 18.6. The molecule has 0 N–H and O–H groups in total. The molecule has 23 heavy (non-hydrogen) atoms. The lowest BCUT2D eigenvalue weighted by Crippen LogP contribution is -2.27. The van der Waals surface area contributed by atoms with Crippen molar-refractivity contribution in [1.82, 2.24) is 4.90 Å². The monoisotopic (exact) mass is 454 g/mol. The van der Waals surface area contributed by atoms with Gasteiger partial charge in [0.15, 0.2) is 5.17 Å². The van der Waals surface area contributed by atoms with Crippen LogP contribution in [0.1, 0.15) is 11.1 Å². The molecular formula is C18H20Br2N2S. The zero-order chi connectivity index (χ0) is 15.2. The van der Waals surface area contributed by atoms with E-state index in [1.165, 1.54) is 11.1 Å². The van der Waals surface area contributed by atoms with Gasteiger partial charge in [-0.05, 0) is 11.1 Å². The minimum Gasteiger partial charge on any atom is -0.343 e. The summed E-state index contributed by atoms with van der Waals surface area (Å²) in [6.07, 6.45) is 0. The van der Waals surface area contributed by atoms with E-state index in [1.807, 2.05) is 11.8 Å². The summed E-state index contributed by atoms with van der Waals surface area (Å²) in [5.74, 6) is 0. The molecule has 5 heteroatoms. The Morgan fingerprint density at radius 3 is 1.91 bits per heavy atom. The van der Waals surface area contributed by atoms with Gasteiger partial charge in [0.05, 0.1) is 6.54 Å². The van der Waals surface area contributed by atoms with Crippen LogP contribution in [0.5, 0.6) is 0 Å². The molecule has 122 valence electrons. The smallest absolute Gasteiger partial charge is 0.160 e. The molecule has 1 heterocycles. The summed E-state index contributed by atoms with van der Waals surface area (Å²) in [5.41, 5.74) is 2.65. The fourth-order valence-corrected chi connectivity index (χ4v) is 4.00. The van der Waals surface area contributed by atoms with Crippen molar-refractivity contribution in [3.05, 3.63) is 71.8 Å². The van der Waals surface area contributed by atoms with Crippen molar-refractivity contribution >= 4 is 49.8 Å². The SMILES string of the molecule is Br.BrCC1CN=C(N(Cc2ccccc2)Cc2ccccc2)S1. The van der Waals surface area contributed by atoms with Gasteiger partial charge in [0.25, 0.3) is 0 Å². The summed E-state index contributed by atoms with van der Waals surface area (Å²) >= 11 is 5.46. The minimum atomic E-state index is 0. The third-order valence-electron chi connectivity index (χ3n) is 3.58. The molecule has 0 spiro atoms. The maximum Gasteiger partial charge on any atom is 0.160 e. The highest BCUT2D eigenvalue weighted by atomic mass is 79.9. The zero-order valence-electron chi connectivity index (χ0n) is 12.8. The van der Waals surface area contributed by atoms with E-state index in [-0.39, 0.29) is 17.0 Å². The Labute approximate surface area is 161 Å². The third-order valence-corrected chi connectivity index (χ3v) is 6.03. The van der Waals surface area contributed by atoms with Crippen molar-refractivity contribution < 1.29 is 0 Å². The van der Waals surface area contributed by atoms with Crippen molar-refractivity contribution in [2.24, 2.45) is 4.99 Å². The molecule has 0 bridgehead atoms. The van der Waals surface area contributed by atoms with E-state index in [0.717, 1.165) is 30.1 Å². The second kappa shape index (κ2) is 9.50. The highest BCUT2D eigenvalue weighted by Crippen LogP contribution is 2.27. The zero-order valence-corrected chi connectivity index (χ0v) is 16.9. The molecule has 3 rings (SSSR count). The van der Waals surface area contributed by atoms with E-state index in [0.29, 0.717) is 5.25 Å². The van der Waals surface area contributed by atoms with Gasteiger partial charge >= 0.3 is 0 Å². The number of alkyl halides is 1. The Morgan fingerprint density at radius 1 is 0.957 bits per heavy atom. The van der Waals surface area contributed by atoms with Gasteiger partial charge < -0.3 is 4.90 Å². The quantitative estimate of drug-likeness (QED) is 0.580. The Bertz CT molecular complexity index is 578. The van der Waals surface area contributed by atoms with Crippen molar-refractivity contribution in [2.75, 3.05) is 11.9 Å². The lowest BCUT2D eigenvalue weighted by Gasteiger charge is -2.24. The summed E-state index contributed by atoms with van der Waals surface area (Å²) < 4.78 is 0. The van der Waals surface area contributed by atoms with Crippen LogP contribution in [0.4, 0.5) is 0 Å². The maximum atomic E-state index is 4.76. The average Bonchev–Trinajstić information content (AvgIpc) is 3.05. The Kier molecular flexibility index (Phi) is 7.66. The van der Waals surface area contributed by atoms with Gasteiger partial charge in [-0.15, -0.1) is 17.0 Å². The van der Waals surface area contributed by atoms with Crippen molar-refractivity contribution in [3.63, 3.8) is 0 Å². The number of rotatable bonds is 5. The topological polar surface area (TPSA) is 15.6 Å². The second-order valence-electron chi connectivity index (χ2n) is 5.34. The van der Waals surface area contributed by atoms with Gasteiger partial charge in [0.1, 0.15) is 0 Å². The number of amidine groups is 1. The number of thioether (sulfide) groups is 1. The van der Waals surface area contributed by atoms with Crippen molar-refractivity contribution in [1.29, 1.82) is 0 Å². The van der Waals surface area contributed by atoms with Crippen LogP contribution in [0.15, 0.2) is 65.7 Å². The van der Waals surface area contributed by atoms with Gasteiger partial charge in [-0.1, -0.05) is 88.4 Å². The number of benzene rings is 2. The van der Waals surface area contributed by atoms with Gasteiger partial charge in [-0.2, -0.15) is 0 Å². The largest absolute Gasteiger partial charge is 0.343 e. The van der Waals surface area contributed by atoms with E-state index in [1.54, 1.807) is 0 Å². The van der Waals surface area contributed by atoms with E-state index < -0.39 is 0 Å². The summed E-state index contributed by atoms with van der Waals surface area (Å²) in [7, 11) is 0. The fourth-order valence-electron chi connectivity index (χ4n) is 2.46. The van der Waals surface area contributed by atoms with Crippen LogP contribution in [0.3, 0.4) is 0 Å². The number of nitrogens with zero attached hydrogens (tertiary/aromatic N) is 2.